The van der Waals surface area contributed by atoms with Crippen LogP contribution >= 0.6 is 0 Å². The van der Waals surface area contributed by atoms with Gasteiger partial charge >= 0.3 is 0 Å². The average molecular weight is 609 g/mol. The molecule has 8 rings (SSSR count). The second-order valence-corrected chi connectivity index (χ2v) is 10.8. The van der Waals surface area contributed by atoms with Crippen LogP contribution in [0.1, 0.15) is 109 Å². The fourth-order valence-electron chi connectivity index (χ4n) is 7.19. The molecule has 0 nitrogen and oxygen atoms in total. The van der Waals surface area contributed by atoms with E-state index in [1.54, 1.807) is 0 Å². The lowest BCUT2D eigenvalue weighted by atomic mass is 9.70. The third kappa shape index (κ3) is 5.57. The number of hydrogen-bond donors (Lipinski definition) is 0. The Morgan fingerprint density at radius 2 is 0.674 bits per heavy atom. The lowest BCUT2D eigenvalue weighted by Crippen LogP contribution is -2.25. The predicted octanol–water partition coefficient (Wildman–Crippen LogP) is 14.5. The molecule has 2 aliphatic rings. The molecule has 240 valence electrons. The van der Waals surface area contributed by atoms with Gasteiger partial charge in [0, 0.05) is 0 Å². The van der Waals surface area contributed by atoms with Crippen LogP contribution in [-0.4, -0.2) is 0 Å². The monoisotopic (exact) mass is 608 g/mol. The van der Waals surface area contributed by atoms with Crippen molar-refractivity contribution in [2.24, 2.45) is 0 Å². The minimum absolute atomic E-state index is 0.278. The van der Waals surface area contributed by atoms with Gasteiger partial charge in [0.05, 0.1) is 5.41 Å². The van der Waals surface area contributed by atoms with E-state index >= 15 is 0 Å². The molecule has 0 atom stereocenters. The Balaban J connectivity index is 0.000000475. The van der Waals surface area contributed by atoms with Crippen molar-refractivity contribution >= 4 is 21.5 Å². The standard InChI is InChI=1S/C35H24.C3H8.4C2H6/c1-21-23-11-3-4-12-24(23)22(2)29-20-34-30(19-28(21)29)27-15-7-10-18-33(27)35(34)31-16-8-5-13-25(31)26-14-6-9-17-32(26)35;1-3-2;4*1-2/h3-20H,1-2H3;3H2,1-2H3;4*1-2H3. The number of hydrogen-bond acceptors (Lipinski definition) is 0. The first-order chi connectivity index (χ1) is 22.6. The maximum atomic E-state index is 2.53. The summed E-state index contributed by atoms with van der Waals surface area (Å²) in [6.45, 7) is 24.8. The molecule has 46 heavy (non-hydrogen) atoms. The zero-order valence-electron chi connectivity index (χ0n) is 30.6. The highest BCUT2D eigenvalue weighted by Gasteiger charge is 2.51. The Kier molecular flexibility index (Phi) is 13.0. The molecular weight excluding hydrogens is 553 g/mol. The van der Waals surface area contributed by atoms with Crippen LogP contribution in [0.5, 0.6) is 0 Å². The zero-order chi connectivity index (χ0) is 34.0. The summed E-state index contributed by atoms with van der Waals surface area (Å²) < 4.78 is 0. The van der Waals surface area contributed by atoms with Crippen molar-refractivity contribution in [2.75, 3.05) is 0 Å². The van der Waals surface area contributed by atoms with Gasteiger partial charge in [-0.1, -0.05) is 173 Å². The average Bonchev–Trinajstić information content (AvgIpc) is 3.61. The second-order valence-electron chi connectivity index (χ2n) is 10.8. The highest BCUT2D eigenvalue weighted by molar-refractivity contribution is 6.09. The van der Waals surface area contributed by atoms with Crippen molar-refractivity contribution in [1.29, 1.82) is 0 Å². The molecule has 0 bridgehead atoms. The van der Waals surface area contributed by atoms with E-state index in [-0.39, 0.29) is 5.41 Å². The molecule has 0 fully saturated rings. The van der Waals surface area contributed by atoms with E-state index in [0.29, 0.717) is 0 Å². The van der Waals surface area contributed by atoms with E-state index in [9.17, 15) is 0 Å². The van der Waals surface area contributed by atoms with Crippen LogP contribution in [0.3, 0.4) is 0 Å². The SMILES string of the molecule is CC.CC.CC.CC.CCC.Cc1c2ccccc2c(C)c2cc3c(cc12)-c1ccccc1C31c2ccccc2-c2ccccc21. The highest BCUT2D eigenvalue weighted by Crippen LogP contribution is 2.63. The van der Waals surface area contributed by atoms with Gasteiger partial charge < -0.3 is 0 Å². The third-order valence-electron chi connectivity index (χ3n) is 8.68. The van der Waals surface area contributed by atoms with E-state index in [2.05, 4.69) is 137 Å². The second kappa shape index (κ2) is 16.4. The van der Waals surface area contributed by atoms with Crippen LogP contribution in [0, 0.1) is 13.8 Å². The van der Waals surface area contributed by atoms with Gasteiger partial charge in [0.15, 0.2) is 0 Å². The van der Waals surface area contributed by atoms with Gasteiger partial charge in [-0.2, -0.15) is 0 Å². The largest absolute Gasteiger partial charge is 0.0725 e. The molecule has 6 aromatic carbocycles. The first kappa shape index (κ1) is 36.3. The molecule has 2 aliphatic carbocycles. The Morgan fingerprint density at radius 1 is 0.370 bits per heavy atom. The Morgan fingerprint density at radius 3 is 1.07 bits per heavy atom. The van der Waals surface area contributed by atoms with Crippen molar-refractivity contribution in [1.82, 2.24) is 0 Å². The van der Waals surface area contributed by atoms with Crippen molar-refractivity contribution in [3.05, 3.63) is 143 Å². The molecule has 0 amide bonds. The maximum absolute atomic E-state index is 2.53. The number of fused-ring (bicyclic) bond motifs is 12. The van der Waals surface area contributed by atoms with Crippen molar-refractivity contribution in [2.45, 2.75) is 94.9 Å². The quantitative estimate of drug-likeness (QED) is 0.150. The fourth-order valence-corrected chi connectivity index (χ4v) is 7.19. The van der Waals surface area contributed by atoms with Gasteiger partial charge in [-0.25, -0.2) is 0 Å². The summed E-state index contributed by atoms with van der Waals surface area (Å²) in [5.74, 6) is 0. The summed E-state index contributed by atoms with van der Waals surface area (Å²) in [7, 11) is 0. The molecular formula is C46H56. The van der Waals surface area contributed by atoms with E-state index < -0.39 is 0 Å². The lowest BCUT2D eigenvalue weighted by molar-refractivity contribution is 0.795. The lowest BCUT2D eigenvalue weighted by Gasteiger charge is -2.30. The van der Waals surface area contributed by atoms with Gasteiger partial charge in [0.1, 0.15) is 0 Å². The van der Waals surface area contributed by atoms with E-state index in [1.165, 1.54) is 83.6 Å². The highest BCUT2D eigenvalue weighted by atomic mass is 14.5. The Hall–Kier alpha value is -4.16. The van der Waals surface area contributed by atoms with Crippen molar-refractivity contribution in [3.8, 4) is 22.3 Å². The number of aryl methyl sites for hydroxylation is 2. The summed E-state index contributed by atoms with van der Waals surface area (Å²) in [4.78, 5) is 0. The normalized spacial score (nSPS) is 11.7. The number of rotatable bonds is 0. The minimum Gasteiger partial charge on any atom is -0.0683 e. The molecule has 0 N–H and O–H groups in total. The summed E-state index contributed by atoms with van der Waals surface area (Å²) in [5.41, 5.74) is 13.5. The molecule has 0 radical (unpaired) electrons. The first-order valence-corrected chi connectivity index (χ1v) is 17.9. The molecule has 0 aliphatic heterocycles. The maximum Gasteiger partial charge on any atom is 0.0725 e. The zero-order valence-corrected chi connectivity index (χ0v) is 30.6. The third-order valence-corrected chi connectivity index (χ3v) is 8.68. The van der Waals surface area contributed by atoms with Crippen molar-refractivity contribution < 1.29 is 0 Å². The molecule has 6 aromatic rings. The fraction of sp³-hybridized carbons (Fsp3) is 0.304. The van der Waals surface area contributed by atoms with Gasteiger partial charge in [0.25, 0.3) is 0 Å². The van der Waals surface area contributed by atoms with Gasteiger partial charge in [-0.3, -0.25) is 0 Å². The molecule has 0 saturated carbocycles. The van der Waals surface area contributed by atoms with E-state index in [0.717, 1.165) is 0 Å². The Bertz CT molecular complexity index is 1840. The van der Waals surface area contributed by atoms with E-state index in [4.69, 9.17) is 0 Å². The molecule has 0 heteroatoms. The van der Waals surface area contributed by atoms with Crippen LogP contribution in [-0.2, 0) is 5.41 Å². The summed E-state index contributed by atoms with van der Waals surface area (Å²) in [6, 6.07) is 41.0. The number of benzene rings is 6. The van der Waals surface area contributed by atoms with Crippen LogP contribution < -0.4 is 0 Å². The summed E-state index contributed by atoms with van der Waals surface area (Å²) in [5, 5.41) is 5.45. The summed E-state index contributed by atoms with van der Waals surface area (Å²) in [6.07, 6.45) is 1.25. The van der Waals surface area contributed by atoms with Gasteiger partial charge in [-0.05, 0) is 103 Å². The smallest absolute Gasteiger partial charge is 0.0683 e. The molecule has 0 saturated heterocycles. The minimum atomic E-state index is -0.278. The van der Waals surface area contributed by atoms with Crippen LogP contribution in [0.25, 0.3) is 43.8 Å². The van der Waals surface area contributed by atoms with Gasteiger partial charge in [0.2, 0.25) is 0 Å². The van der Waals surface area contributed by atoms with Crippen LogP contribution in [0.4, 0.5) is 0 Å². The van der Waals surface area contributed by atoms with Crippen LogP contribution in [0.2, 0.25) is 0 Å². The van der Waals surface area contributed by atoms with Crippen LogP contribution in [0.15, 0.2) is 109 Å². The molecule has 0 heterocycles. The Labute approximate surface area is 280 Å². The molecule has 0 unspecified atom stereocenters. The molecule has 1 spiro atoms. The predicted molar refractivity (Wildman–Crippen MR) is 209 cm³/mol. The topological polar surface area (TPSA) is 0 Å². The van der Waals surface area contributed by atoms with Crippen molar-refractivity contribution in [3.63, 3.8) is 0 Å². The van der Waals surface area contributed by atoms with E-state index in [1.807, 2.05) is 55.4 Å². The first-order valence-electron chi connectivity index (χ1n) is 17.9. The van der Waals surface area contributed by atoms with Gasteiger partial charge in [-0.15, -0.1) is 0 Å². The molecule has 0 aromatic heterocycles. The summed E-state index contributed by atoms with van der Waals surface area (Å²) >= 11 is 0.